The van der Waals surface area contributed by atoms with Gasteiger partial charge in [-0.1, -0.05) is 6.07 Å². The zero-order valence-electron chi connectivity index (χ0n) is 16.6. The third-order valence-corrected chi connectivity index (χ3v) is 4.62. The van der Waals surface area contributed by atoms with Crippen LogP contribution in [0.3, 0.4) is 0 Å². The number of likely N-dealkylation sites (N-methyl/N-ethyl adjacent to an activating group) is 1. The number of carbonyl (C=O) groups excluding carboxylic acids is 3. The molecule has 1 aromatic heterocycles. The largest absolute Gasteiger partial charge is 0.465 e. The number of nitrogens with zero attached hydrogens (tertiary/aromatic N) is 1. The Morgan fingerprint density at radius 2 is 1.96 bits per heavy atom. The Balaban J connectivity index is 2.08. The number of hydrogen-bond acceptors (Lipinski definition) is 5. The maximum absolute atomic E-state index is 13.2. The van der Waals surface area contributed by atoms with E-state index < -0.39 is 17.8 Å². The molecule has 0 aliphatic rings. The summed E-state index contributed by atoms with van der Waals surface area (Å²) in [6.45, 7) is 4.97. The van der Waals surface area contributed by atoms with Gasteiger partial charge in [-0.15, -0.1) is 0 Å². The van der Waals surface area contributed by atoms with Crippen LogP contribution in [0.5, 0.6) is 0 Å². The fourth-order valence-corrected chi connectivity index (χ4v) is 2.94. The minimum Gasteiger partial charge on any atom is -0.465 e. The average Bonchev–Trinajstić information content (AvgIpc) is 2.93. The number of ether oxygens (including phenoxy) is 1. The lowest BCUT2D eigenvalue weighted by Crippen LogP contribution is -2.41. The first kappa shape index (κ1) is 21.3. The van der Waals surface area contributed by atoms with E-state index in [1.165, 1.54) is 25.3 Å². The van der Waals surface area contributed by atoms with Crippen molar-refractivity contribution in [3.8, 4) is 0 Å². The summed E-state index contributed by atoms with van der Waals surface area (Å²) in [4.78, 5) is 41.5. The third kappa shape index (κ3) is 4.64. The number of aryl methyl sites for hydroxylation is 1. The molecule has 1 amide bonds. The molecule has 0 aliphatic carbocycles. The number of nitrogens with one attached hydrogen (secondary N) is 2. The summed E-state index contributed by atoms with van der Waals surface area (Å²) in [6, 6.07) is 4.95. The summed E-state index contributed by atoms with van der Waals surface area (Å²) >= 11 is 0. The van der Waals surface area contributed by atoms with Crippen molar-refractivity contribution in [2.24, 2.45) is 0 Å². The molecular weight excluding hydrogens is 365 g/mol. The summed E-state index contributed by atoms with van der Waals surface area (Å²) in [5, 5.41) is 2.59. The maximum Gasteiger partial charge on any atom is 0.339 e. The number of ketones is 1. The fraction of sp³-hybridized carbons (Fsp3) is 0.350. The quantitative estimate of drug-likeness (QED) is 0.561. The number of hydrogen-bond donors (Lipinski definition) is 2. The van der Waals surface area contributed by atoms with Gasteiger partial charge in [-0.05, 0) is 51.6 Å². The van der Waals surface area contributed by atoms with Crippen molar-refractivity contribution in [1.29, 1.82) is 0 Å². The molecule has 1 aromatic carbocycles. The van der Waals surface area contributed by atoms with Crippen molar-refractivity contribution in [2.45, 2.75) is 26.8 Å². The van der Waals surface area contributed by atoms with Crippen molar-refractivity contribution in [1.82, 2.24) is 9.88 Å². The van der Waals surface area contributed by atoms with Gasteiger partial charge >= 0.3 is 5.97 Å². The summed E-state index contributed by atoms with van der Waals surface area (Å²) in [5.74, 6) is -1.59. The number of esters is 1. The Kier molecular flexibility index (Phi) is 6.69. The monoisotopic (exact) mass is 389 g/mol. The number of aromatic nitrogens is 1. The van der Waals surface area contributed by atoms with E-state index in [9.17, 15) is 18.8 Å². The fourth-order valence-electron chi connectivity index (χ4n) is 2.94. The molecule has 1 atom stereocenters. The predicted molar refractivity (Wildman–Crippen MR) is 103 cm³/mol. The van der Waals surface area contributed by atoms with Gasteiger partial charge in [0.1, 0.15) is 5.82 Å². The standard InChI is InChI=1S/C20H24FN3O4/c1-11-17(20(27)28-5)12(2)22-18(11)19(26)13(3)24(4)10-16(25)23-15-8-6-7-14(21)9-15/h6-9,13,22H,10H2,1-5H3,(H,23,25)/t13-/m0/s1. The molecule has 150 valence electrons. The second-order valence-corrected chi connectivity index (χ2v) is 6.63. The molecule has 0 fully saturated rings. The summed E-state index contributed by atoms with van der Waals surface area (Å²) in [6.07, 6.45) is 0. The first-order valence-corrected chi connectivity index (χ1v) is 8.73. The molecule has 8 heteroatoms. The Hall–Kier alpha value is -3.00. The van der Waals surface area contributed by atoms with E-state index in [0.717, 1.165) is 0 Å². The molecule has 0 saturated heterocycles. The van der Waals surface area contributed by atoms with Gasteiger partial charge in [-0.2, -0.15) is 0 Å². The number of anilines is 1. The van der Waals surface area contributed by atoms with Crippen LogP contribution < -0.4 is 5.32 Å². The van der Waals surface area contributed by atoms with Gasteiger partial charge in [0.2, 0.25) is 5.91 Å². The molecule has 0 saturated carbocycles. The van der Waals surface area contributed by atoms with E-state index in [0.29, 0.717) is 28.2 Å². The molecule has 28 heavy (non-hydrogen) atoms. The van der Waals surface area contributed by atoms with Crippen LogP contribution in [0.25, 0.3) is 0 Å². The van der Waals surface area contributed by atoms with Gasteiger partial charge in [0.25, 0.3) is 0 Å². The van der Waals surface area contributed by atoms with E-state index in [1.54, 1.807) is 38.8 Å². The Morgan fingerprint density at radius 3 is 2.57 bits per heavy atom. The molecule has 0 aliphatic heterocycles. The van der Waals surface area contributed by atoms with Gasteiger partial charge in [0.05, 0.1) is 31.0 Å². The lowest BCUT2D eigenvalue weighted by Gasteiger charge is -2.23. The van der Waals surface area contributed by atoms with E-state index >= 15 is 0 Å². The van der Waals surface area contributed by atoms with Crippen LogP contribution in [0, 0.1) is 19.7 Å². The summed E-state index contributed by atoms with van der Waals surface area (Å²) in [7, 11) is 2.92. The van der Waals surface area contributed by atoms with E-state index in [4.69, 9.17) is 4.74 Å². The smallest absolute Gasteiger partial charge is 0.339 e. The Labute approximate surface area is 162 Å². The SMILES string of the molecule is COC(=O)c1c(C)[nH]c(C(=O)[C@H](C)N(C)CC(=O)Nc2cccc(F)c2)c1C. The molecule has 2 rings (SSSR count). The van der Waals surface area contributed by atoms with Crippen LogP contribution in [0.1, 0.15) is 39.0 Å². The van der Waals surface area contributed by atoms with Crippen molar-refractivity contribution in [3.63, 3.8) is 0 Å². The number of Topliss-reactive ketones (excluding diaryl/α,β-unsaturated/α-hetero) is 1. The lowest BCUT2D eigenvalue weighted by atomic mass is 10.0. The van der Waals surface area contributed by atoms with Crippen LogP contribution in [0.15, 0.2) is 24.3 Å². The van der Waals surface area contributed by atoms with Gasteiger partial charge in [-0.3, -0.25) is 14.5 Å². The number of amides is 1. The predicted octanol–water partition coefficient (Wildman–Crippen LogP) is 2.70. The van der Waals surface area contributed by atoms with E-state index in [-0.39, 0.29) is 18.2 Å². The molecule has 0 radical (unpaired) electrons. The number of halogens is 1. The summed E-state index contributed by atoms with van der Waals surface area (Å²) in [5.41, 5.74) is 2.05. The minimum atomic E-state index is -0.625. The van der Waals surface area contributed by atoms with Crippen LogP contribution >= 0.6 is 0 Å². The molecule has 7 nitrogen and oxygen atoms in total. The number of H-pyrrole nitrogens is 1. The second-order valence-electron chi connectivity index (χ2n) is 6.63. The first-order valence-electron chi connectivity index (χ1n) is 8.73. The molecule has 0 bridgehead atoms. The lowest BCUT2D eigenvalue weighted by molar-refractivity contribution is -0.117. The van der Waals surface area contributed by atoms with Crippen molar-refractivity contribution in [2.75, 3.05) is 26.0 Å². The van der Waals surface area contributed by atoms with Gasteiger partial charge in [0, 0.05) is 11.4 Å². The van der Waals surface area contributed by atoms with E-state index in [2.05, 4.69) is 10.3 Å². The first-order chi connectivity index (χ1) is 13.1. The van der Waals surface area contributed by atoms with Crippen LogP contribution in [0.4, 0.5) is 10.1 Å². The zero-order chi connectivity index (χ0) is 21.0. The molecular formula is C20H24FN3O4. The highest BCUT2D eigenvalue weighted by molar-refractivity contribution is 6.04. The molecule has 2 aromatic rings. The third-order valence-electron chi connectivity index (χ3n) is 4.62. The van der Waals surface area contributed by atoms with Gasteiger partial charge in [0.15, 0.2) is 5.78 Å². The van der Waals surface area contributed by atoms with Gasteiger partial charge < -0.3 is 15.0 Å². The molecule has 0 unspecified atom stereocenters. The van der Waals surface area contributed by atoms with Crippen molar-refractivity contribution >= 4 is 23.3 Å². The zero-order valence-corrected chi connectivity index (χ0v) is 16.6. The number of rotatable bonds is 7. The number of methoxy groups -OCH3 is 1. The highest BCUT2D eigenvalue weighted by Crippen LogP contribution is 2.21. The molecule has 2 N–H and O–H groups in total. The Bertz CT molecular complexity index is 907. The second kappa shape index (κ2) is 8.79. The van der Waals surface area contributed by atoms with Crippen molar-refractivity contribution < 1.29 is 23.5 Å². The number of aromatic amines is 1. The maximum atomic E-state index is 13.2. The average molecular weight is 389 g/mol. The Morgan fingerprint density at radius 1 is 1.29 bits per heavy atom. The van der Waals surface area contributed by atoms with Crippen LogP contribution in [-0.4, -0.2) is 54.3 Å². The highest BCUT2D eigenvalue weighted by Gasteiger charge is 2.27. The van der Waals surface area contributed by atoms with Gasteiger partial charge in [-0.25, -0.2) is 9.18 Å². The van der Waals surface area contributed by atoms with Crippen molar-refractivity contribution in [3.05, 3.63) is 52.6 Å². The number of carbonyl (C=O) groups is 3. The van der Waals surface area contributed by atoms with E-state index in [1.807, 2.05) is 0 Å². The molecule has 0 spiro atoms. The highest BCUT2D eigenvalue weighted by atomic mass is 19.1. The number of benzene rings is 1. The summed E-state index contributed by atoms with van der Waals surface area (Å²) < 4.78 is 18.0. The van der Waals surface area contributed by atoms with Crippen LogP contribution in [-0.2, 0) is 9.53 Å². The molecule has 1 heterocycles. The topological polar surface area (TPSA) is 91.5 Å². The minimum absolute atomic E-state index is 0.0635. The normalized spacial score (nSPS) is 12.0. The van der Waals surface area contributed by atoms with Crippen LogP contribution in [0.2, 0.25) is 0 Å².